The van der Waals surface area contributed by atoms with Crippen molar-refractivity contribution in [1.82, 2.24) is 14.8 Å². The molecule has 0 aliphatic carbocycles. The van der Waals surface area contributed by atoms with Crippen LogP contribution in [0.25, 0.3) is 11.4 Å². The summed E-state index contributed by atoms with van der Waals surface area (Å²) in [6.45, 7) is 4.64. The van der Waals surface area contributed by atoms with Gasteiger partial charge in [0.05, 0.1) is 12.2 Å². The first-order valence-electron chi connectivity index (χ1n) is 10.1. The molecule has 3 rings (SSSR count). The van der Waals surface area contributed by atoms with Gasteiger partial charge in [0.2, 0.25) is 0 Å². The first-order valence-corrected chi connectivity index (χ1v) is 10.1. The third-order valence-corrected chi connectivity index (χ3v) is 4.64. The van der Waals surface area contributed by atoms with Gasteiger partial charge in [-0.05, 0) is 49.1 Å². The number of hydrogen-bond acceptors (Lipinski definition) is 4. The van der Waals surface area contributed by atoms with Crippen molar-refractivity contribution in [1.29, 1.82) is 0 Å². The van der Waals surface area contributed by atoms with Gasteiger partial charge in [-0.25, -0.2) is 4.39 Å². The molecule has 2 aromatic carbocycles. The number of benzene rings is 2. The van der Waals surface area contributed by atoms with E-state index in [1.54, 1.807) is 30.3 Å². The van der Waals surface area contributed by atoms with Crippen LogP contribution in [0, 0.1) is 5.82 Å². The van der Waals surface area contributed by atoms with E-state index in [1.807, 2.05) is 19.1 Å². The van der Waals surface area contributed by atoms with Gasteiger partial charge < -0.3 is 4.74 Å². The van der Waals surface area contributed by atoms with Gasteiger partial charge in [0, 0.05) is 5.56 Å². The van der Waals surface area contributed by atoms with Crippen molar-refractivity contribution >= 4 is 5.91 Å². The predicted molar refractivity (Wildman–Crippen MR) is 111 cm³/mol. The normalized spacial score (nSPS) is 10.9. The first kappa shape index (κ1) is 20.7. The summed E-state index contributed by atoms with van der Waals surface area (Å²) >= 11 is 0. The van der Waals surface area contributed by atoms with Gasteiger partial charge in [0.15, 0.2) is 5.82 Å². The molecule has 3 aromatic rings. The van der Waals surface area contributed by atoms with Crippen LogP contribution in [-0.4, -0.2) is 27.3 Å². The molecule has 29 heavy (non-hydrogen) atoms. The number of nitrogens with zero attached hydrogens (tertiary/aromatic N) is 3. The number of carbonyl (C=O) groups is 1. The number of aromatic nitrogens is 3. The summed E-state index contributed by atoms with van der Waals surface area (Å²) < 4.78 is 21.1. The maximum Gasteiger partial charge on any atom is 0.336 e. The van der Waals surface area contributed by atoms with Crippen LogP contribution in [-0.2, 0) is 6.42 Å². The molecule has 152 valence electrons. The van der Waals surface area contributed by atoms with Crippen LogP contribution in [0.2, 0.25) is 0 Å². The lowest BCUT2D eigenvalue weighted by atomic mass is 10.1. The molecule has 5 nitrogen and oxygen atoms in total. The fourth-order valence-corrected chi connectivity index (χ4v) is 2.94. The van der Waals surface area contributed by atoms with E-state index in [-0.39, 0.29) is 23.3 Å². The number of ether oxygens (including phenoxy) is 1. The molecule has 0 bridgehead atoms. The Labute approximate surface area is 170 Å². The van der Waals surface area contributed by atoms with E-state index >= 15 is 0 Å². The lowest BCUT2D eigenvalue weighted by Crippen LogP contribution is -2.15. The van der Waals surface area contributed by atoms with Crippen LogP contribution in [0.15, 0.2) is 48.5 Å². The molecule has 0 spiro atoms. The zero-order valence-electron chi connectivity index (χ0n) is 16.9. The van der Waals surface area contributed by atoms with Crippen molar-refractivity contribution in [3.63, 3.8) is 0 Å². The maximum atomic E-state index is 14.4. The number of halogens is 1. The Morgan fingerprint density at radius 3 is 2.45 bits per heavy atom. The molecule has 0 unspecified atom stereocenters. The minimum Gasteiger partial charge on any atom is -0.462 e. The van der Waals surface area contributed by atoms with Crippen molar-refractivity contribution in [3.8, 4) is 17.4 Å². The number of unbranched alkanes of at least 4 members (excludes halogenated alkanes) is 2. The van der Waals surface area contributed by atoms with Crippen LogP contribution < -0.4 is 4.74 Å². The van der Waals surface area contributed by atoms with Crippen LogP contribution in [0.5, 0.6) is 6.01 Å². The standard InChI is InChI=1S/C23H26FN3O2/c1-3-5-9-17-12-14-18(15-13-17)22(28)27-21(19-10-7-8-11-20(19)24)25-23(26-27)29-16-6-4-2/h7-8,10-15H,3-6,9,16H2,1-2H3. The molecule has 0 radical (unpaired) electrons. The highest BCUT2D eigenvalue weighted by Gasteiger charge is 2.22. The Morgan fingerprint density at radius 1 is 1.03 bits per heavy atom. The summed E-state index contributed by atoms with van der Waals surface area (Å²) in [6.07, 6.45) is 5.00. The van der Waals surface area contributed by atoms with E-state index in [0.29, 0.717) is 12.2 Å². The molecule has 0 N–H and O–H groups in total. The van der Waals surface area contributed by atoms with Crippen molar-refractivity contribution in [3.05, 3.63) is 65.5 Å². The minimum atomic E-state index is -0.469. The summed E-state index contributed by atoms with van der Waals surface area (Å²) in [7, 11) is 0. The molecule has 1 aromatic heterocycles. The van der Waals surface area contributed by atoms with Crippen LogP contribution in [0.1, 0.15) is 55.5 Å². The lowest BCUT2D eigenvalue weighted by molar-refractivity contribution is 0.0944. The Morgan fingerprint density at radius 2 is 1.76 bits per heavy atom. The topological polar surface area (TPSA) is 57.0 Å². The molecule has 0 atom stereocenters. The van der Waals surface area contributed by atoms with E-state index in [2.05, 4.69) is 17.0 Å². The maximum absolute atomic E-state index is 14.4. The molecule has 0 aliphatic rings. The third kappa shape index (κ3) is 5.08. The highest BCUT2D eigenvalue weighted by Crippen LogP contribution is 2.24. The van der Waals surface area contributed by atoms with Gasteiger partial charge in [-0.15, -0.1) is 5.10 Å². The average molecular weight is 395 g/mol. The number of carbonyl (C=O) groups excluding carboxylic acids is 1. The summed E-state index contributed by atoms with van der Waals surface area (Å²) in [5, 5.41) is 4.21. The SMILES string of the molecule is CCCCOc1nc(-c2ccccc2F)n(C(=O)c2ccc(CCCC)cc2)n1. The fraction of sp³-hybridized carbons (Fsp3) is 0.348. The Balaban J connectivity index is 1.93. The third-order valence-electron chi connectivity index (χ3n) is 4.64. The molecule has 0 aliphatic heterocycles. The van der Waals surface area contributed by atoms with Gasteiger partial charge in [-0.3, -0.25) is 4.79 Å². The second-order valence-electron chi connectivity index (χ2n) is 6.92. The molecule has 6 heteroatoms. The summed E-state index contributed by atoms with van der Waals surface area (Å²) in [5.41, 5.74) is 1.85. The van der Waals surface area contributed by atoms with E-state index in [9.17, 15) is 9.18 Å². The van der Waals surface area contributed by atoms with Crippen molar-refractivity contribution in [2.24, 2.45) is 0 Å². The van der Waals surface area contributed by atoms with E-state index in [0.717, 1.165) is 36.8 Å². The second kappa shape index (κ2) is 9.96. The van der Waals surface area contributed by atoms with Gasteiger partial charge in [-0.2, -0.15) is 9.67 Å². The fourth-order valence-electron chi connectivity index (χ4n) is 2.94. The smallest absolute Gasteiger partial charge is 0.336 e. The monoisotopic (exact) mass is 395 g/mol. The molecule has 0 saturated carbocycles. The number of hydrogen-bond donors (Lipinski definition) is 0. The van der Waals surface area contributed by atoms with Gasteiger partial charge in [-0.1, -0.05) is 51.0 Å². The zero-order chi connectivity index (χ0) is 20.6. The second-order valence-corrected chi connectivity index (χ2v) is 6.92. The number of aryl methyl sites for hydroxylation is 1. The van der Waals surface area contributed by atoms with E-state index < -0.39 is 5.82 Å². The molecule has 0 saturated heterocycles. The van der Waals surface area contributed by atoms with Crippen molar-refractivity contribution in [2.45, 2.75) is 46.0 Å². The summed E-state index contributed by atoms with van der Waals surface area (Å²) in [4.78, 5) is 17.4. The number of rotatable bonds is 9. The van der Waals surface area contributed by atoms with Gasteiger partial charge in [0.1, 0.15) is 5.82 Å². The van der Waals surface area contributed by atoms with Crippen LogP contribution in [0.4, 0.5) is 4.39 Å². The summed E-state index contributed by atoms with van der Waals surface area (Å²) in [6, 6.07) is 13.7. The minimum absolute atomic E-state index is 0.0737. The highest BCUT2D eigenvalue weighted by molar-refractivity contribution is 5.97. The van der Waals surface area contributed by atoms with E-state index in [4.69, 9.17) is 4.74 Å². The van der Waals surface area contributed by atoms with Gasteiger partial charge >= 0.3 is 6.01 Å². The molecule has 0 fully saturated rings. The largest absolute Gasteiger partial charge is 0.462 e. The van der Waals surface area contributed by atoms with Crippen molar-refractivity contribution < 1.29 is 13.9 Å². The summed E-state index contributed by atoms with van der Waals surface area (Å²) in [5.74, 6) is -0.707. The Bertz CT molecular complexity index is 951. The van der Waals surface area contributed by atoms with Crippen LogP contribution >= 0.6 is 0 Å². The lowest BCUT2D eigenvalue weighted by Gasteiger charge is -2.06. The van der Waals surface area contributed by atoms with Crippen LogP contribution in [0.3, 0.4) is 0 Å². The molecule has 0 amide bonds. The predicted octanol–water partition coefficient (Wildman–Crippen LogP) is 5.29. The zero-order valence-corrected chi connectivity index (χ0v) is 16.9. The Kier molecular flexibility index (Phi) is 7.11. The quantitative estimate of drug-likeness (QED) is 0.462. The average Bonchev–Trinajstić information content (AvgIpc) is 3.16. The highest BCUT2D eigenvalue weighted by atomic mass is 19.1. The first-order chi connectivity index (χ1) is 14.1. The van der Waals surface area contributed by atoms with E-state index in [1.165, 1.54) is 11.6 Å². The van der Waals surface area contributed by atoms with Crippen molar-refractivity contribution in [2.75, 3.05) is 6.61 Å². The molecular weight excluding hydrogens is 369 g/mol. The molecular formula is C23H26FN3O2. The molecule has 1 heterocycles. The van der Waals surface area contributed by atoms with Gasteiger partial charge in [0.25, 0.3) is 5.91 Å². The Hall–Kier alpha value is -3.02.